The molecule has 1 aromatic rings. The maximum atomic E-state index is 8.81. The third-order valence-electron chi connectivity index (χ3n) is 2.45. The van der Waals surface area contributed by atoms with Crippen molar-refractivity contribution in [2.24, 2.45) is 0 Å². The summed E-state index contributed by atoms with van der Waals surface area (Å²) in [5.74, 6) is 2.02. The first-order chi connectivity index (χ1) is 7.86. The van der Waals surface area contributed by atoms with E-state index in [0.717, 1.165) is 12.0 Å². The van der Waals surface area contributed by atoms with Crippen molar-refractivity contribution < 1.29 is 19.4 Å². The average molecular weight is 225 g/mol. The maximum absolute atomic E-state index is 8.81. The van der Waals surface area contributed by atoms with Crippen LogP contribution < -0.4 is 19.7 Å². The van der Waals surface area contributed by atoms with Gasteiger partial charge < -0.3 is 19.4 Å². The fourth-order valence-corrected chi connectivity index (χ4v) is 1.71. The van der Waals surface area contributed by atoms with Gasteiger partial charge in [0, 0.05) is 6.42 Å². The van der Waals surface area contributed by atoms with E-state index in [1.165, 1.54) is 0 Å². The minimum Gasteiger partial charge on any atom is -0.496 e. The van der Waals surface area contributed by atoms with Crippen molar-refractivity contribution >= 4 is 0 Å². The summed E-state index contributed by atoms with van der Waals surface area (Å²) >= 11 is 0. The van der Waals surface area contributed by atoms with Crippen molar-refractivity contribution in [3.05, 3.63) is 17.7 Å². The molecule has 1 heterocycles. The Kier molecular flexibility index (Phi) is 3.48. The smallest absolute Gasteiger partial charge is 0.169 e. The molecule has 0 aromatic heterocycles. The number of fused-ring (bicyclic) bond motifs is 1. The summed E-state index contributed by atoms with van der Waals surface area (Å²) in [5, 5.41) is 8.81. The van der Waals surface area contributed by atoms with Crippen LogP contribution in [0.15, 0.2) is 12.1 Å². The first kappa shape index (κ1) is 11.0. The van der Waals surface area contributed by atoms with Gasteiger partial charge in [-0.2, -0.15) is 0 Å². The van der Waals surface area contributed by atoms with E-state index in [9.17, 15) is 0 Å². The fraction of sp³-hybridized carbons (Fsp3) is 0.455. The molecule has 1 aliphatic rings. The number of hydrogen-bond donors (Lipinski definition) is 2. The van der Waals surface area contributed by atoms with Crippen LogP contribution >= 0.6 is 0 Å². The topological polar surface area (TPSA) is 60.0 Å². The maximum Gasteiger partial charge on any atom is 0.169 e. The van der Waals surface area contributed by atoms with E-state index in [2.05, 4.69) is 5.48 Å². The van der Waals surface area contributed by atoms with Gasteiger partial charge in [-0.25, -0.2) is 5.48 Å². The molecule has 0 atom stereocenters. The van der Waals surface area contributed by atoms with Gasteiger partial charge in [0.2, 0.25) is 0 Å². The third-order valence-corrected chi connectivity index (χ3v) is 2.45. The molecule has 1 aliphatic heterocycles. The molecule has 0 spiro atoms. The van der Waals surface area contributed by atoms with Crippen LogP contribution in [-0.4, -0.2) is 25.5 Å². The number of ether oxygens (including phenoxy) is 3. The minimum atomic E-state index is 0.260. The lowest BCUT2D eigenvalue weighted by atomic mass is 10.1. The van der Waals surface area contributed by atoms with E-state index in [1.54, 1.807) is 13.2 Å². The highest BCUT2D eigenvalue weighted by Gasteiger charge is 2.18. The second-order valence-electron chi connectivity index (χ2n) is 3.46. The molecule has 0 aliphatic carbocycles. The summed E-state index contributed by atoms with van der Waals surface area (Å²) in [6, 6.07) is 3.63. The Morgan fingerprint density at radius 3 is 2.94 bits per heavy atom. The Morgan fingerprint density at radius 2 is 2.19 bits per heavy atom. The minimum absolute atomic E-state index is 0.260. The molecule has 88 valence electrons. The third kappa shape index (κ3) is 2.05. The highest BCUT2D eigenvalue weighted by molar-refractivity contribution is 5.54. The van der Waals surface area contributed by atoms with Crippen LogP contribution in [0, 0.1) is 0 Å². The molecule has 0 amide bonds. The van der Waals surface area contributed by atoms with Crippen LogP contribution in [0.1, 0.15) is 12.0 Å². The SMILES string of the molecule is COc1ccc2c(c1CNO)OCCCO2. The molecule has 16 heavy (non-hydrogen) atoms. The Balaban J connectivity index is 2.43. The van der Waals surface area contributed by atoms with Crippen LogP contribution in [0.25, 0.3) is 0 Å². The van der Waals surface area contributed by atoms with Crippen molar-refractivity contribution in [3.63, 3.8) is 0 Å². The summed E-state index contributed by atoms with van der Waals surface area (Å²) in [6.45, 7) is 1.51. The van der Waals surface area contributed by atoms with E-state index in [4.69, 9.17) is 19.4 Å². The number of hydrogen-bond acceptors (Lipinski definition) is 5. The monoisotopic (exact) mass is 225 g/mol. The summed E-state index contributed by atoms with van der Waals surface area (Å²) < 4.78 is 16.4. The van der Waals surface area contributed by atoms with Gasteiger partial charge in [0.15, 0.2) is 11.5 Å². The lowest BCUT2D eigenvalue weighted by Gasteiger charge is -2.15. The predicted octanol–water partition coefficient (Wildman–Crippen LogP) is 1.34. The van der Waals surface area contributed by atoms with Crippen molar-refractivity contribution in [2.45, 2.75) is 13.0 Å². The van der Waals surface area contributed by atoms with E-state index < -0.39 is 0 Å². The van der Waals surface area contributed by atoms with Gasteiger partial charge in [-0.3, -0.25) is 0 Å². The zero-order valence-corrected chi connectivity index (χ0v) is 9.16. The highest BCUT2D eigenvalue weighted by Crippen LogP contribution is 2.38. The first-order valence-corrected chi connectivity index (χ1v) is 5.19. The number of methoxy groups -OCH3 is 1. The molecular weight excluding hydrogens is 210 g/mol. The molecule has 2 rings (SSSR count). The average Bonchev–Trinajstić information content (AvgIpc) is 2.55. The standard InChI is InChI=1S/C11H15NO4/c1-14-9-3-4-10-11(8(9)7-12-13)16-6-2-5-15-10/h3-4,12-13H,2,5-7H2,1H3. The molecule has 0 bridgehead atoms. The Morgan fingerprint density at radius 1 is 1.38 bits per heavy atom. The van der Waals surface area contributed by atoms with Gasteiger partial charge in [0.25, 0.3) is 0 Å². The molecule has 1 aromatic carbocycles. The van der Waals surface area contributed by atoms with E-state index in [-0.39, 0.29) is 6.54 Å². The van der Waals surface area contributed by atoms with E-state index in [0.29, 0.717) is 30.5 Å². The first-order valence-electron chi connectivity index (χ1n) is 5.19. The second kappa shape index (κ2) is 5.05. The second-order valence-corrected chi connectivity index (χ2v) is 3.46. The summed E-state index contributed by atoms with van der Waals surface area (Å²) in [7, 11) is 1.58. The molecule has 5 heteroatoms. The molecular formula is C11H15NO4. The predicted molar refractivity (Wildman–Crippen MR) is 57.2 cm³/mol. The van der Waals surface area contributed by atoms with Gasteiger partial charge in [0.05, 0.1) is 32.4 Å². The van der Waals surface area contributed by atoms with Crippen molar-refractivity contribution in [1.82, 2.24) is 5.48 Å². The van der Waals surface area contributed by atoms with Crippen LogP contribution in [0.2, 0.25) is 0 Å². The number of benzene rings is 1. The normalized spacial score (nSPS) is 14.4. The van der Waals surface area contributed by atoms with Crippen LogP contribution in [-0.2, 0) is 6.54 Å². The lowest BCUT2D eigenvalue weighted by Crippen LogP contribution is -2.10. The zero-order chi connectivity index (χ0) is 11.4. The summed E-state index contributed by atoms with van der Waals surface area (Å²) in [6.07, 6.45) is 0.850. The molecule has 2 N–H and O–H groups in total. The van der Waals surface area contributed by atoms with Crippen LogP contribution in [0.4, 0.5) is 0 Å². The number of hydroxylamine groups is 1. The molecule has 5 nitrogen and oxygen atoms in total. The van der Waals surface area contributed by atoms with Gasteiger partial charge in [0.1, 0.15) is 5.75 Å². The zero-order valence-electron chi connectivity index (χ0n) is 9.16. The lowest BCUT2D eigenvalue weighted by molar-refractivity contribution is 0.158. The molecule has 0 fully saturated rings. The molecule has 0 saturated carbocycles. The Labute approximate surface area is 93.9 Å². The van der Waals surface area contributed by atoms with Crippen LogP contribution in [0.5, 0.6) is 17.2 Å². The largest absolute Gasteiger partial charge is 0.496 e. The van der Waals surface area contributed by atoms with Gasteiger partial charge >= 0.3 is 0 Å². The summed E-state index contributed by atoms with van der Waals surface area (Å²) in [4.78, 5) is 0. The van der Waals surface area contributed by atoms with E-state index in [1.807, 2.05) is 6.07 Å². The quantitative estimate of drug-likeness (QED) is 0.760. The fourth-order valence-electron chi connectivity index (χ4n) is 1.71. The highest BCUT2D eigenvalue weighted by atomic mass is 16.5. The van der Waals surface area contributed by atoms with Crippen LogP contribution in [0.3, 0.4) is 0 Å². The Bertz CT molecular complexity index is 367. The van der Waals surface area contributed by atoms with Gasteiger partial charge in [-0.1, -0.05) is 0 Å². The number of nitrogens with one attached hydrogen (secondary N) is 1. The number of rotatable bonds is 3. The van der Waals surface area contributed by atoms with Gasteiger partial charge in [-0.05, 0) is 12.1 Å². The molecule has 0 unspecified atom stereocenters. The molecule has 0 saturated heterocycles. The molecule has 0 radical (unpaired) electrons. The van der Waals surface area contributed by atoms with E-state index >= 15 is 0 Å². The Hall–Kier alpha value is -1.46. The van der Waals surface area contributed by atoms with Crippen molar-refractivity contribution in [2.75, 3.05) is 20.3 Å². The van der Waals surface area contributed by atoms with Crippen molar-refractivity contribution in [3.8, 4) is 17.2 Å². The summed E-state index contributed by atoms with van der Waals surface area (Å²) in [5.41, 5.74) is 2.88. The van der Waals surface area contributed by atoms with Gasteiger partial charge in [-0.15, -0.1) is 0 Å². The van der Waals surface area contributed by atoms with Crippen molar-refractivity contribution in [1.29, 1.82) is 0 Å².